The van der Waals surface area contributed by atoms with Gasteiger partial charge in [0, 0.05) is 6.04 Å². The molecule has 2 nitrogen and oxygen atoms in total. The molecule has 1 aromatic rings. The second-order valence-corrected chi connectivity index (χ2v) is 8.14. The van der Waals surface area contributed by atoms with E-state index in [1.807, 2.05) is 0 Å². The van der Waals surface area contributed by atoms with Crippen molar-refractivity contribution in [2.24, 2.45) is 11.8 Å². The average Bonchev–Trinajstić information content (AvgIpc) is 2.59. The summed E-state index contributed by atoms with van der Waals surface area (Å²) in [5.41, 5.74) is 1.47. The van der Waals surface area contributed by atoms with Gasteiger partial charge >= 0.3 is 0 Å². The zero-order valence-electron chi connectivity index (χ0n) is 16.2. The minimum atomic E-state index is 0.660. The lowest BCUT2D eigenvalue weighted by Crippen LogP contribution is -2.33. The minimum Gasteiger partial charge on any atom is -0.497 e. The molecule has 0 spiro atoms. The first-order valence-corrected chi connectivity index (χ1v) is 9.95. The van der Waals surface area contributed by atoms with Crippen LogP contribution in [0.1, 0.15) is 77.2 Å². The van der Waals surface area contributed by atoms with Gasteiger partial charge in [-0.25, -0.2) is 0 Å². The first-order chi connectivity index (χ1) is 11.6. The summed E-state index contributed by atoms with van der Waals surface area (Å²) < 4.78 is 5.30. The highest BCUT2D eigenvalue weighted by molar-refractivity contribution is 5.29. The Kier molecular flexibility index (Phi) is 8.11. The SMILES string of the molecule is COc1ccc([C@H](CCNC2CCC(C)CC2)CCC(C)C)cc1. The molecule has 0 bridgehead atoms. The first kappa shape index (κ1) is 19.3. The van der Waals surface area contributed by atoms with Gasteiger partial charge in [0.05, 0.1) is 7.11 Å². The number of rotatable bonds is 9. The molecule has 24 heavy (non-hydrogen) atoms. The topological polar surface area (TPSA) is 21.3 Å². The molecule has 0 unspecified atom stereocenters. The standard InChI is InChI=1S/C22H37NO/c1-17(2)5-8-20(19-9-13-22(24-4)14-10-19)15-16-23-21-11-6-18(3)7-12-21/h9-10,13-14,17-18,20-21,23H,5-8,11-12,15-16H2,1-4H3/t18?,20-,21?/m0/s1. The Morgan fingerprint density at radius 2 is 1.67 bits per heavy atom. The Bertz CT molecular complexity index is 446. The molecule has 2 rings (SSSR count). The summed E-state index contributed by atoms with van der Waals surface area (Å²) in [5, 5.41) is 3.83. The van der Waals surface area contributed by atoms with Gasteiger partial charge in [0.1, 0.15) is 5.75 Å². The van der Waals surface area contributed by atoms with Gasteiger partial charge in [-0.1, -0.05) is 39.3 Å². The van der Waals surface area contributed by atoms with E-state index in [9.17, 15) is 0 Å². The van der Waals surface area contributed by atoms with Crippen molar-refractivity contribution in [2.45, 2.75) is 77.7 Å². The number of benzene rings is 1. The van der Waals surface area contributed by atoms with Gasteiger partial charge in [-0.2, -0.15) is 0 Å². The molecule has 1 atom stereocenters. The van der Waals surface area contributed by atoms with Gasteiger partial charge in [0.15, 0.2) is 0 Å². The summed E-state index contributed by atoms with van der Waals surface area (Å²) in [6.07, 6.45) is 9.34. The van der Waals surface area contributed by atoms with E-state index in [0.29, 0.717) is 5.92 Å². The maximum atomic E-state index is 5.30. The predicted octanol–water partition coefficient (Wildman–Crippen LogP) is 5.77. The number of hydrogen-bond acceptors (Lipinski definition) is 2. The van der Waals surface area contributed by atoms with Gasteiger partial charge in [0.25, 0.3) is 0 Å². The van der Waals surface area contributed by atoms with E-state index in [0.717, 1.165) is 30.2 Å². The van der Waals surface area contributed by atoms with Gasteiger partial charge < -0.3 is 10.1 Å². The molecule has 1 fully saturated rings. The summed E-state index contributed by atoms with van der Waals surface area (Å²) in [5.74, 6) is 3.32. The molecular formula is C22H37NO. The van der Waals surface area contributed by atoms with E-state index < -0.39 is 0 Å². The molecule has 136 valence electrons. The Morgan fingerprint density at radius 3 is 2.25 bits per heavy atom. The van der Waals surface area contributed by atoms with Crippen LogP contribution in [0.2, 0.25) is 0 Å². The largest absolute Gasteiger partial charge is 0.497 e. The molecular weight excluding hydrogens is 294 g/mol. The molecule has 1 saturated carbocycles. The third-order valence-corrected chi connectivity index (χ3v) is 5.62. The Labute approximate surface area is 149 Å². The van der Waals surface area contributed by atoms with Crippen LogP contribution in [0.5, 0.6) is 5.75 Å². The molecule has 0 saturated heterocycles. The average molecular weight is 332 g/mol. The Hall–Kier alpha value is -1.02. The Balaban J connectivity index is 1.85. The molecule has 0 amide bonds. The second-order valence-electron chi connectivity index (χ2n) is 8.14. The van der Waals surface area contributed by atoms with Crippen LogP contribution in [0, 0.1) is 11.8 Å². The van der Waals surface area contributed by atoms with Crippen molar-refractivity contribution in [3.05, 3.63) is 29.8 Å². The van der Waals surface area contributed by atoms with Crippen LogP contribution in [-0.4, -0.2) is 19.7 Å². The number of ether oxygens (including phenoxy) is 1. The second kappa shape index (κ2) is 10.1. The number of nitrogens with one attached hydrogen (secondary N) is 1. The predicted molar refractivity (Wildman–Crippen MR) is 104 cm³/mol. The van der Waals surface area contributed by atoms with Crippen molar-refractivity contribution in [2.75, 3.05) is 13.7 Å². The summed E-state index contributed by atoms with van der Waals surface area (Å²) in [6, 6.07) is 9.47. The number of methoxy groups -OCH3 is 1. The molecule has 0 heterocycles. The van der Waals surface area contributed by atoms with Crippen molar-refractivity contribution < 1.29 is 4.74 Å². The zero-order valence-corrected chi connectivity index (χ0v) is 16.2. The zero-order chi connectivity index (χ0) is 17.4. The molecule has 1 N–H and O–H groups in total. The fraction of sp³-hybridized carbons (Fsp3) is 0.727. The smallest absolute Gasteiger partial charge is 0.118 e. The third kappa shape index (κ3) is 6.47. The van der Waals surface area contributed by atoms with Gasteiger partial charge in [0.2, 0.25) is 0 Å². The highest BCUT2D eigenvalue weighted by atomic mass is 16.5. The van der Waals surface area contributed by atoms with Crippen molar-refractivity contribution in [3.63, 3.8) is 0 Å². The lowest BCUT2D eigenvalue weighted by Gasteiger charge is -2.28. The highest BCUT2D eigenvalue weighted by Crippen LogP contribution is 2.29. The van der Waals surface area contributed by atoms with Crippen molar-refractivity contribution in [1.82, 2.24) is 5.32 Å². The summed E-state index contributed by atoms with van der Waals surface area (Å²) >= 11 is 0. The maximum Gasteiger partial charge on any atom is 0.118 e. The molecule has 0 aromatic heterocycles. The van der Waals surface area contributed by atoms with Crippen LogP contribution >= 0.6 is 0 Å². The first-order valence-electron chi connectivity index (χ1n) is 9.95. The molecule has 0 aliphatic heterocycles. The lowest BCUT2D eigenvalue weighted by molar-refractivity contribution is 0.304. The van der Waals surface area contributed by atoms with Crippen LogP contribution < -0.4 is 10.1 Å². The van der Waals surface area contributed by atoms with Gasteiger partial charge in [-0.15, -0.1) is 0 Å². The number of hydrogen-bond donors (Lipinski definition) is 1. The van der Waals surface area contributed by atoms with E-state index in [1.54, 1.807) is 7.11 Å². The monoisotopic (exact) mass is 331 g/mol. The lowest BCUT2D eigenvalue weighted by atomic mass is 9.86. The van der Waals surface area contributed by atoms with Crippen molar-refractivity contribution >= 4 is 0 Å². The van der Waals surface area contributed by atoms with Crippen LogP contribution in [0.25, 0.3) is 0 Å². The van der Waals surface area contributed by atoms with Crippen LogP contribution in [0.15, 0.2) is 24.3 Å². The van der Waals surface area contributed by atoms with Crippen LogP contribution in [0.3, 0.4) is 0 Å². The van der Waals surface area contributed by atoms with Crippen LogP contribution in [-0.2, 0) is 0 Å². The van der Waals surface area contributed by atoms with E-state index in [2.05, 4.69) is 50.4 Å². The van der Waals surface area contributed by atoms with Gasteiger partial charge in [-0.05, 0) is 80.5 Å². The molecule has 1 aliphatic rings. The van der Waals surface area contributed by atoms with Crippen molar-refractivity contribution in [3.8, 4) is 5.75 Å². The van der Waals surface area contributed by atoms with Gasteiger partial charge in [-0.3, -0.25) is 0 Å². The highest BCUT2D eigenvalue weighted by Gasteiger charge is 2.18. The van der Waals surface area contributed by atoms with E-state index >= 15 is 0 Å². The molecule has 0 radical (unpaired) electrons. The fourth-order valence-electron chi connectivity index (χ4n) is 3.81. The summed E-state index contributed by atoms with van der Waals surface area (Å²) in [4.78, 5) is 0. The Morgan fingerprint density at radius 1 is 1.00 bits per heavy atom. The summed E-state index contributed by atoms with van der Waals surface area (Å²) in [6.45, 7) is 8.19. The molecule has 1 aliphatic carbocycles. The van der Waals surface area contributed by atoms with Crippen molar-refractivity contribution in [1.29, 1.82) is 0 Å². The summed E-state index contributed by atoms with van der Waals surface area (Å²) in [7, 11) is 1.74. The normalized spacial score (nSPS) is 22.5. The van der Waals surface area contributed by atoms with E-state index in [-0.39, 0.29) is 0 Å². The van der Waals surface area contributed by atoms with E-state index in [1.165, 1.54) is 50.5 Å². The minimum absolute atomic E-state index is 0.660. The molecule has 1 aromatic carbocycles. The van der Waals surface area contributed by atoms with E-state index in [4.69, 9.17) is 4.74 Å². The molecule has 2 heteroatoms. The van der Waals surface area contributed by atoms with Crippen LogP contribution in [0.4, 0.5) is 0 Å². The quantitative estimate of drug-likeness (QED) is 0.620. The third-order valence-electron chi connectivity index (χ3n) is 5.62. The fourth-order valence-corrected chi connectivity index (χ4v) is 3.81. The maximum absolute atomic E-state index is 5.30.